The summed E-state index contributed by atoms with van der Waals surface area (Å²) < 4.78 is 5.37. The molecule has 2 aromatic carbocycles. The molecule has 138 valence electrons. The molecule has 1 aromatic heterocycles. The number of benzene rings is 2. The van der Waals surface area contributed by atoms with Crippen molar-refractivity contribution in [2.75, 3.05) is 17.7 Å². The minimum atomic E-state index is -0.184. The number of rotatable bonds is 5. The first-order valence-electron chi connectivity index (χ1n) is 8.73. The quantitative estimate of drug-likeness (QED) is 0.670. The minimum Gasteiger partial charge on any atom is -0.495 e. The van der Waals surface area contributed by atoms with E-state index < -0.39 is 0 Å². The SMILES string of the molecule is COc1ccc(C)cc1Nc1ccc(C(=O)Nc2cccc(C)c2C)cn1. The van der Waals surface area contributed by atoms with Crippen LogP contribution in [-0.2, 0) is 0 Å². The number of anilines is 3. The largest absolute Gasteiger partial charge is 0.495 e. The maximum atomic E-state index is 12.5. The summed E-state index contributed by atoms with van der Waals surface area (Å²) in [5.74, 6) is 1.19. The fourth-order valence-corrected chi connectivity index (χ4v) is 2.74. The topological polar surface area (TPSA) is 63.2 Å². The van der Waals surface area contributed by atoms with E-state index in [4.69, 9.17) is 4.74 Å². The minimum absolute atomic E-state index is 0.184. The number of ether oxygens (including phenoxy) is 1. The molecule has 0 spiro atoms. The lowest BCUT2D eigenvalue weighted by molar-refractivity contribution is 0.102. The Bertz CT molecular complexity index is 966. The van der Waals surface area contributed by atoms with Crippen molar-refractivity contribution in [3.8, 4) is 5.75 Å². The highest BCUT2D eigenvalue weighted by Gasteiger charge is 2.10. The smallest absolute Gasteiger partial charge is 0.257 e. The second-order valence-corrected chi connectivity index (χ2v) is 6.46. The van der Waals surface area contributed by atoms with Gasteiger partial charge in [0.05, 0.1) is 18.4 Å². The number of carbonyl (C=O) groups excluding carboxylic acids is 1. The van der Waals surface area contributed by atoms with Crippen molar-refractivity contribution in [2.45, 2.75) is 20.8 Å². The monoisotopic (exact) mass is 361 g/mol. The van der Waals surface area contributed by atoms with Crippen molar-refractivity contribution < 1.29 is 9.53 Å². The van der Waals surface area contributed by atoms with Crippen LogP contribution in [-0.4, -0.2) is 18.0 Å². The number of methoxy groups -OCH3 is 1. The second kappa shape index (κ2) is 7.91. The number of aromatic nitrogens is 1. The predicted molar refractivity (Wildman–Crippen MR) is 109 cm³/mol. The number of nitrogens with one attached hydrogen (secondary N) is 2. The molecule has 1 amide bonds. The number of carbonyl (C=O) groups is 1. The van der Waals surface area contributed by atoms with Gasteiger partial charge in [-0.15, -0.1) is 0 Å². The number of nitrogens with zero attached hydrogens (tertiary/aromatic N) is 1. The normalized spacial score (nSPS) is 10.4. The first kappa shape index (κ1) is 18.5. The summed E-state index contributed by atoms with van der Waals surface area (Å²) in [6, 6.07) is 15.2. The number of hydrogen-bond donors (Lipinski definition) is 2. The summed E-state index contributed by atoms with van der Waals surface area (Å²) in [4.78, 5) is 16.9. The Morgan fingerprint density at radius 2 is 1.81 bits per heavy atom. The van der Waals surface area contributed by atoms with Gasteiger partial charge in [0.25, 0.3) is 5.91 Å². The van der Waals surface area contributed by atoms with Gasteiger partial charge in [0.2, 0.25) is 0 Å². The molecule has 27 heavy (non-hydrogen) atoms. The standard InChI is InChI=1S/C22H23N3O2/c1-14-8-10-20(27-4)19(12-14)24-21-11-9-17(13-23-21)22(26)25-18-7-5-6-15(2)16(18)3/h5-13H,1-4H3,(H,23,24)(H,25,26). The van der Waals surface area contributed by atoms with Crippen LogP contribution in [0.2, 0.25) is 0 Å². The third kappa shape index (κ3) is 4.26. The molecule has 0 radical (unpaired) electrons. The Balaban J connectivity index is 1.74. The summed E-state index contributed by atoms with van der Waals surface area (Å²) in [5.41, 5.74) is 5.45. The van der Waals surface area contributed by atoms with Crippen LogP contribution >= 0.6 is 0 Å². The first-order valence-corrected chi connectivity index (χ1v) is 8.73. The third-order valence-electron chi connectivity index (χ3n) is 4.50. The second-order valence-electron chi connectivity index (χ2n) is 6.46. The molecule has 0 saturated heterocycles. The van der Waals surface area contributed by atoms with Crippen molar-refractivity contribution >= 4 is 23.1 Å². The molecule has 0 aliphatic carbocycles. The molecule has 0 aliphatic heterocycles. The van der Waals surface area contributed by atoms with Gasteiger partial charge < -0.3 is 15.4 Å². The average Bonchev–Trinajstić information content (AvgIpc) is 2.66. The van der Waals surface area contributed by atoms with Gasteiger partial charge >= 0.3 is 0 Å². The molecule has 0 unspecified atom stereocenters. The fourth-order valence-electron chi connectivity index (χ4n) is 2.74. The van der Waals surface area contributed by atoms with E-state index in [-0.39, 0.29) is 5.91 Å². The van der Waals surface area contributed by atoms with E-state index in [1.54, 1.807) is 25.4 Å². The number of amides is 1. The zero-order valence-electron chi connectivity index (χ0n) is 16.0. The van der Waals surface area contributed by atoms with Gasteiger partial charge in [-0.1, -0.05) is 18.2 Å². The lowest BCUT2D eigenvalue weighted by Crippen LogP contribution is -2.13. The predicted octanol–water partition coefficient (Wildman–Crippen LogP) is 5.01. The van der Waals surface area contributed by atoms with Crippen LogP contribution in [0.4, 0.5) is 17.2 Å². The highest BCUT2D eigenvalue weighted by Crippen LogP contribution is 2.28. The van der Waals surface area contributed by atoms with Gasteiger partial charge in [-0.3, -0.25) is 4.79 Å². The number of hydrogen-bond acceptors (Lipinski definition) is 4. The van der Waals surface area contributed by atoms with E-state index in [1.807, 2.05) is 57.2 Å². The van der Waals surface area contributed by atoms with Gasteiger partial charge in [0, 0.05) is 11.9 Å². The summed E-state index contributed by atoms with van der Waals surface area (Å²) in [6.45, 7) is 6.02. The molecule has 3 aromatic rings. The van der Waals surface area contributed by atoms with Gasteiger partial charge in [0.1, 0.15) is 11.6 Å². The van der Waals surface area contributed by atoms with Crippen LogP contribution in [0.1, 0.15) is 27.0 Å². The van der Waals surface area contributed by atoms with Gasteiger partial charge in [-0.2, -0.15) is 0 Å². The number of aryl methyl sites for hydroxylation is 2. The van der Waals surface area contributed by atoms with E-state index in [9.17, 15) is 4.79 Å². The van der Waals surface area contributed by atoms with Gasteiger partial charge in [-0.25, -0.2) is 4.98 Å². The maximum Gasteiger partial charge on any atom is 0.257 e. The van der Waals surface area contributed by atoms with Gasteiger partial charge in [-0.05, 0) is 67.8 Å². The molecule has 2 N–H and O–H groups in total. The molecule has 0 aliphatic rings. The molecule has 0 atom stereocenters. The number of pyridine rings is 1. The van der Waals surface area contributed by atoms with Crippen LogP contribution in [0, 0.1) is 20.8 Å². The van der Waals surface area contributed by atoms with E-state index >= 15 is 0 Å². The van der Waals surface area contributed by atoms with E-state index in [1.165, 1.54) is 0 Å². The molecule has 5 nitrogen and oxygen atoms in total. The fraction of sp³-hybridized carbons (Fsp3) is 0.182. The van der Waals surface area contributed by atoms with Crippen LogP contribution < -0.4 is 15.4 Å². The lowest BCUT2D eigenvalue weighted by atomic mass is 10.1. The highest BCUT2D eigenvalue weighted by molar-refractivity contribution is 6.04. The van der Waals surface area contributed by atoms with E-state index in [2.05, 4.69) is 15.6 Å². The lowest BCUT2D eigenvalue weighted by Gasteiger charge is -2.12. The van der Waals surface area contributed by atoms with Crippen molar-refractivity contribution in [2.24, 2.45) is 0 Å². The van der Waals surface area contributed by atoms with E-state index in [0.29, 0.717) is 11.4 Å². The molecule has 0 saturated carbocycles. The van der Waals surface area contributed by atoms with Gasteiger partial charge in [0.15, 0.2) is 0 Å². The maximum absolute atomic E-state index is 12.5. The van der Waals surface area contributed by atoms with Crippen molar-refractivity contribution in [3.05, 3.63) is 77.0 Å². The Morgan fingerprint density at radius 3 is 2.52 bits per heavy atom. The van der Waals surface area contributed by atoms with Crippen molar-refractivity contribution in [1.82, 2.24) is 4.98 Å². The molecule has 0 bridgehead atoms. The molecule has 3 rings (SSSR count). The Labute approximate surface area is 159 Å². The van der Waals surface area contributed by atoms with Crippen LogP contribution in [0.3, 0.4) is 0 Å². The van der Waals surface area contributed by atoms with Crippen LogP contribution in [0.5, 0.6) is 5.75 Å². The Hall–Kier alpha value is -3.34. The molecular weight excluding hydrogens is 338 g/mol. The van der Waals surface area contributed by atoms with Crippen molar-refractivity contribution in [3.63, 3.8) is 0 Å². The zero-order valence-corrected chi connectivity index (χ0v) is 16.0. The van der Waals surface area contributed by atoms with Crippen LogP contribution in [0.15, 0.2) is 54.7 Å². The zero-order chi connectivity index (χ0) is 19.4. The molecule has 0 fully saturated rings. The summed E-state index contributed by atoms with van der Waals surface area (Å²) in [5, 5.41) is 6.17. The molecule has 1 heterocycles. The van der Waals surface area contributed by atoms with Crippen LogP contribution in [0.25, 0.3) is 0 Å². The molecular formula is C22H23N3O2. The third-order valence-corrected chi connectivity index (χ3v) is 4.50. The average molecular weight is 361 g/mol. The van der Waals surface area contributed by atoms with Crippen molar-refractivity contribution in [1.29, 1.82) is 0 Å². The Morgan fingerprint density at radius 1 is 1.00 bits per heavy atom. The Kier molecular flexibility index (Phi) is 5.41. The summed E-state index contributed by atoms with van der Waals surface area (Å²) >= 11 is 0. The molecule has 5 heteroatoms. The highest BCUT2D eigenvalue weighted by atomic mass is 16.5. The summed E-state index contributed by atoms with van der Waals surface area (Å²) in [7, 11) is 1.63. The van der Waals surface area contributed by atoms with E-state index in [0.717, 1.165) is 33.8 Å². The first-order chi connectivity index (χ1) is 13.0. The summed E-state index contributed by atoms with van der Waals surface area (Å²) in [6.07, 6.45) is 1.56.